The highest BCUT2D eigenvalue weighted by atomic mass is 79.9. The van der Waals surface area contributed by atoms with Gasteiger partial charge in [0.25, 0.3) is 0 Å². The SMILES string of the molecule is CCC(Nc1ccc(C)c(O)c1C)c1cccc(Br)c1. The minimum atomic E-state index is 0.230. The van der Waals surface area contributed by atoms with Crippen LogP contribution in [0.4, 0.5) is 5.69 Å². The van der Waals surface area contributed by atoms with Gasteiger partial charge in [-0.3, -0.25) is 0 Å². The van der Waals surface area contributed by atoms with Crippen molar-refractivity contribution in [3.8, 4) is 5.75 Å². The number of phenolic OH excluding ortho intramolecular Hbond substituents is 1. The first kappa shape index (κ1) is 14.9. The molecular weight excluding hydrogens is 314 g/mol. The average molecular weight is 334 g/mol. The molecule has 2 nitrogen and oxygen atoms in total. The van der Waals surface area contributed by atoms with E-state index in [0.29, 0.717) is 5.75 Å². The van der Waals surface area contributed by atoms with Crippen molar-refractivity contribution in [3.63, 3.8) is 0 Å². The van der Waals surface area contributed by atoms with Crippen molar-refractivity contribution in [3.05, 3.63) is 57.6 Å². The average Bonchev–Trinajstić information content (AvgIpc) is 2.44. The van der Waals surface area contributed by atoms with E-state index < -0.39 is 0 Å². The number of hydrogen-bond donors (Lipinski definition) is 2. The van der Waals surface area contributed by atoms with Gasteiger partial charge in [0.15, 0.2) is 0 Å². The first-order chi connectivity index (χ1) is 9.52. The summed E-state index contributed by atoms with van der Waals surface area (Å²) in [4.78, 5) is 0. The standard InChI is InChI=1S/C17H20BrNO/c1-4-15(13-6-5-7-14(18)10-13)19-16-9-8-11(2)17(20)12(16)3/h5-10,15,19-20H,4H2,1-3H3. The van der Waals surface area contributed by atoms with E-state index in [1.165, 1.54) is 5.56 Å². The quantitative estimate of drug-likeness (QED) is 0.791. The molecule has 0 heterocycles. The van der Waals surface area contributed by atoms with Crippen molar-refractivity contribution in [1.82, 2.24) is 0 Å². The molecule has 3 heteroatoms. The van der Waals surface area contributed by atoms with E-state index in [1.54, 1.807) is 0 Å². The van der Waals surface area contributed by atoms with Crippen LogP contribution in [-0.2, 0) is 0 Å². The van der Waals surface area contributed by atoms with Crippen molar-refractivity contribution in [2.24, 2.45) is 0 Å². The molecule has 20 heavy (non-hydrogen) atoms. The Bertz CT molecular complexity index is 610. The maximum atomic E-state index is 10.0. The molecule has 2 N–H and O–H groups in total. The number of rotatable bonds is 4. The second-order valence-corrected chi connectivity index (χ2v) is 5.98. The summed E-state index contributed by atoms with van der Waals surface area (Å²) in [5, 5.41) is 13.6. The lowest BCUT2D eigenvalue weighted by atomic mass is 10.0. The second-order valence-electron chi connectivity index (χ2n) is 5.06. The maximum absolute atomic E-state index is 10.0. The van der Waals surface area contributed by atoms with E-state index >= 15 is 0 Å². The summed E-state index contributed by atoms with van der Waals surface area (Å²) in [6.07, 6.45) is 0.977. The molecule has 0 amide bonds. The molecule has 2 aromatic rings. The summed E-state index contributed by atoms with van der Waals surface area (Å²) in [6.45, 7) is 6.01. The van der Waals surface area contributed by atoms with Gasteiger partial charge in [0.2, 0.25) is 0 Å². The lowest BCUT2D eigenvalue weighted by Crippen LogP contribution is -2.10. The van der Waals surface area contributed by atoms with Gasteiger partial charge in [-0.05, 0) is 49.6 Å². The van der Waals surface area contributed by atoms with Crippen molar-refractivity contribution in [2.75, 3.05) is 5.32 Å². The third kappa shape index (κ3) is 3.15. The van der Waals surface area contributed by atoms with Crippen LogP contribution in [0, 0.1) is 13.8 Å². The number of hydrogen-bond acceptors (Lipinski definition) is 2. The third-order valence-corrected chi connectivity index (χ3v) is 4.12. The van der Waals surface area contributed by atoms with Gasteiger partial charge in [0, 0.05) is 15.7 Å². The Morgan fingerprint density at radius 1 is 1.20 bits per heavy atom. The van der Waals surface area contributed by atoms with Gasteiger partial charge in [-0.2, -0.15) is 0 Å². The Morgan fingerprint density at radius 3 is 2.60 bits per heavy atom. The first-order valence-electron chi connectivity index (χ1n) is 6.84. The molecule has 0 saturated carbocycles. The van der Waals surface area contributed by atoms with E-state index in [9.17, 15) is 5.11 Å². The normalized spacial score (nSPS) is 12.2. The van der Waals surface area contributed by atoms with E-state index in [-0.39, 0.29) is 6.04 Å². The summed E-state index contributed by atoms with van der Waals surface area (Å²) in [5.74, 6) is 0.374. The van der Waals surface area contributed by atoms with Crippen molar-refractivity contribution in [2.45, 2.75) is 33.2 Å². The molecule has 2 aromatic carbocycles. The highest BCUT2D eigenvalue weighted by molar-refractivity contribution is 9.10. The number of phenols is 1. The minimum absolute atomic E-state index is 0.230. The molecule has 0 bridgehead atoms. The van der Waals surface area contributed by atoms with Gasteiger partial charge in [-0.1, -0.05) is 41.1 Å². The molecule has 106 valence electrons. The van der Waals surface area contributed by atoms with Gasteiger partial charge >= 0.3 is 0 Å². The fourth-order valence-corrected chi connectivity index (χ4v) is 2.74. The van der Waals surface area contributed by atoms with Crippen molar-refractivity contribution in [1.29, 1.82) is 0 Å². The monoisotopic (exact) mass is 333 g/mol. The number of anilines is 1. The molecule has 0 aliphatic heterocycles. The maximum Gasteiger partial charge on any atom is 0.123 e. The van der Waals surface area contributed by atoms with Crippen LogP contribution < -0.4 is 5.32 Å². The zero-order valence-electron chi connectivity index (χ0n) is 12.1. The predicted molar refractivity (Wildman–Crippen MR) is 88.4 cm³/mol. The van der Waals surface area contributed by atoms with Gasteiger partial charge in [0.05, 0.1) is 6.04 Å². The lowest BCUT2D eigenvalue weighted by Gasteiger charge is -2.21. The van der Waals surface area contributed by atoms with Crippen LogP contribution in [0.1, 0.15) is 36.1 Å². The third-order valence-electron chi connectivity index (χ3n) is 3.62. The van der Waals surface area contributed by atoms with E-state index in [2.05, 4.69) is 40.3 Å². The number of nitrogens with one attached hydrogen (secondary N) is 1. The van der Waals surface area contributed by atoms with Crippen LogP contribution in [0.15, 0.2) is 40.9 Å². The Labute approximate surface area is 129 Å². The molecule has 2 rings (SSSR count). The fraction of sp³-hybridized carbons (Fsp3) is 0.294. The largest absolute Gasteiger partial charge is 0.507 e. The van der Waals surface area contributed by atoms with Crippen LogP contribution in [0.3, 0.4) is 0 Å². The van der Waals surface area contributed by atoms with Gasteiger partial charge in [0.1, 0.15) is 5.75 Å². The smallest absolute Gasteiger partial charge is 0.123 e. The molecular formula is C17H20BrNO. The Hall–Kier alpha value is -1.48. The lowest BCUT2D eigenvalue weighted by molar-refractivity contribution is 0.467. The highest BCUT2D eigenvalue weighted by Crippen LogP contribution is 2.32. The number of aromatic hydroxyl groups is 1. The van der Waals surface area contributed by atoms with Gasteiger partial charge < -0.3 is 10.4 Å². The molecule has 0 saturated heterocycles. The topological polar surface area (TPSA) is 32.3 Å². The summed E-state index contributed by atoms with van der Waals surface area (Å²) < 4.78 is 1.08. The van der Waals surface area contributed by atoms with Crippen LogP contribution >= 0.6 is 15.9 Å². The number of aryl methyl sites for hydroxylation is 1. The molecule has 0 aromatic heterocycles. The van der Waals surface area contributed by atoms with Gasteiger partial charge in [-0.25, -0.2) is 0 Å². The minimum Gasteiger partial charge on any atom is -0.507 e. The highest BCUT2D eigenvalue weighted by Gasteiger charge is 2.12. The Balaban J connectivity index is 2.29. The molecule has 0 fully saturated rings. The van der Waals surface area contributed by atoms with Crippen molar-refractivity contribution >= 4 is 21.6 Å². The summed E-state index contributed by atoms with van der Waals surface area (Å²) in [7, 11) is 0. The van der Waals surface area contributed by atoms with Crippen LogP contribution in [-0.4, -0.2) is 5.11 Å². The molecule has 0 aliphatic rings. The molecule has 0 radical (unpaired) electrons. The van der Waals surface area contributed by atoms with E-state index in [4.69, 9.17) is 0 Å². The zero-order valence-corrected chi connectivity index (χ0v) is 13.7. The van der Waals surface area contributed by atoms with E-state index in [1.807, 2.05) is 38.1 Å². The Kier molecular flexibility index (Phi) is 4.71. The van der Waals surface area contributed by atoms with E-state index in [0.717, 1.165) is 27.7 Å². The number of benzene rings is 2. The predicted octanol–water partition coefficient (Wildman–Crippen LogP) is 5.33. The molecule has 1 unspecified atom stereocenters. The second kappa shape index (κ2) is 6.31. The van der Waals surface area contributed by atoms with Crippen LogP contribution in [0.2, 0.25) is 0 Å². The van der Waals surface area contributed by atoms with Gasteiger partial charge in [-0.15, -0.1) is 0 Å². The summed E-state index contributed by atoms with van der Waals surface area (Å²) in [5.41, 5.74) is 4.03. The van der Waals surface area contributed by atoms with Crippen LogP contribution in [0.5, 0.6) is 5.75 Å². The summed E-state index contributed by atoms with van der Waals surface area (Å²) >= 11 is 3.51. The van der Waals surface area contributed by atoms with Crippen LogP contribution in [0.25, 0.3) is 0 Å². The Morgan fingerprint density at radius 2 is 1.95 bits per heavy atom. The molecule has 1 atom stereocenters. The van der Waals surface area contributed by atoms with Crippen molar-refractivity contribution < 1.29 is 5.11 Å². The molecule has 0 aliphatic carbocycles. The zero-order chi connectivity index (χ0) is 14.7. The summed E-state index contributed by atoms with van der Waals surface area (Å²) in [6, 6.07) is 12.5. The number of halogens is 1. The first-order valence-corrected chi connectivity index (χ1v) is 7.63. The fourth-order valence-electron chi connectivity index (χ4n) is 2.32. The molecule has 0 spiro atoms.